The molecule has 114 valence electrons. The summed E-state index contributed by atoms with van der Waals surface area (Å²) in [5.74, 6) is -0.166. The molecule has 0 bridgehead atoms. The fourth-order valence-electron chi connectivity index (χ4n) is 1.83. The highest BCUT2D eigenvalue weighted by Crippen LogP contribution is 2.28. The minimum absolute atomic E-state index is 0.189. The van der Waals surface area contributed by atoms with Crippen LogP contribution in [0.4, 0.5) is 4.39 Å². The van der Waals surface area contributed by atoms with Crippen molar-refractivity contribution >= 4 is 10.0 Å². The van der Waals surface area contributed by atoms with Gasteiger partial charge in [0.25, 0.3) is 0 Å². The second-order valence-corrected chi connectivity index (χ2v) is 6.73. The Morgan fingerprint density at radius 1 is 1.43 bits per heavy atom. The van der Waals surface area contributed by atoms with Crippen LogP contribution < -0.4 is 4.72 Å². The predicted molar refractivity (Wildman–Crippen MR) is 74.5 cm³/mol. The number of hydrogen-bond donors (Lipinski definition) is 1. The first kappa shape index (κ1) is 15.9. The monoisotopic (exact) mass is 312 g/mol. The molecule has 1 aliphatic carbocycles. The van der Waals surface area contributed by atoms with Crippen LogP contribution in [0.15, 0.2) is 23.1 Å². The van der Waals surface area contributed by atoms with Crippen LogP contribution in [0.5, 0.6) is 0 Å². The quantitative estimate of drug-likeness (QED) is 0.742. The van der Waals surface area contributed by atoms with E-state index in [-0.39, 0.29) is 11.4 Å². The third-order valence-corrected chi connectivity index (χ3v) is 4.69. The highest BCUT2D eigenvalue weighted by molar-refractivity contribution is 7.89. The lowest BCUT2D eigenvalue weighted by molar-refractivity contribution is 0.123. The number of nitrogens with one attached hydrogen (secondary N) is 1. The summed E-state index contributed by atoms with van der Waals surface area (Å²) in [5.41, 5.74) is -0.463. The van der Waals surface area contributed by atoms with Crippen LogP contribution in [0, 0.1) is 23.1 Å². The fourth-order valence-corrected chi connectivity index (χ4v) is 3.07. The van der Waals surface area contributed by atoms with Crippen molar-refractivity contribution in [2.45, 2.75) is 24.2 Å². The van der Waals surface area contributed by atoms with Crippen LogP contribution in [-0.4, -0.2) is 28.2 Å². The molecule has 0 saturated heterocycles. The Hall–Kier alpha value is -1.49. The summed E-state index contributed by atoms with van der Waals surface area (Å²) in [6, 6.07) is 5.12. The van der Waals surface area contributed by atoms with Gasteiger partial charge in [0.15, 0.2) is 0 Å². The Morgan fingerprint density at radius 3 is 2.86 bits per heavy atom. The highest BCUT2D eigenvalue weighted by Gasteiger charge is 2.22. The predicted octanol–water partition coefficient (Wildman–Crippen LogP) is 1.79. The summed E-state index contributed by atoms with van der Waals surface area (Å²) < 4.78 is 45.3. The van der Waals surface area contributed by atoms with Crippen molar-refractivity contribution in [2.75, 3.05) is 19.8 Å². The molecule has 0 radical (unpaired) electrons. The second kappa shape index (κ2) is 6.98. The van der Waals surface area contributed by atoms with Crippen molar-refractivity contribution in [3.63, 3.8) is 0 Å². The molecule has 1 fully saturated rings. The average Bonchev–Trinajstić information content (AvgIpc) is 3.26. The second-order valence-electron chi connectivity index (χ2n) is 4.99. The molecule has 1 aromatic carbocycles. The molecule has 1 saturated carbocycles. The summed E-state index contributed by atoms with van der Waals surface area (Å²) in [5, 5.41) is 8.86. The zero-order valence-corrected chi connectivity index (χ0v) is 12.3. The molecule has 1 aliphatic rings. The molecular weight excluding hydrogens is 295 g/mol. The molecule has 7 heteroatoms. The van der Waals surface area contributed by atoms with E-state index < -0.39 is 21.4 Å². The summed E-state index contributed by atoms with van der Waals surface area (Å²) >= 11 is 0. The Labute approximate surface area is 123 Å². The van der Waals surface area contributed by atoms with Gasteiger partial charge in [0.2, 0.25) is 10.0 Å². The largest absolute Gasteiger partial charge is 0.381 e. The molecule has 0 spiro atoms. The van der Waals surface area contributed by atoms with Crippen LogP contribution >= 0.6 is 0 Å². The minimum Gasteiger partial charge on any atom is -0.381 e. The van der Waals surface area contributed by atoms with Crippen molar-refractivity contribution in [3.8, 4) is 6.07 Å². The first-order valence-corrected chi connectivity index (χ1v) is 8.29. The zero-order chi connectivity index (χ0) is 15.3. The number of hydrogen-bond acceptors (Lipinski definition) is 4. The van der Waals surface area contributed by atoms with Crippen LogP contribution in [0.1, 0.15) is 24.8 Å². The van der Waals surface area contributed by atoms with Crippen molar-refractivity contribution < 1.29 is 17.5 Å². The van der Waals surface area contributed by atoms with Gasteiger partial charge >= 0.3 is 0 Å². The first-order chi connectivity index (χ1) is 10.0. The Morgan fingerprint density at radius 2 is 2.19 bits per heavy atom. The molecule has 0 atom stereocenters. The van der Waals surface area contributed by atoms with Gasteiger partial charge in [0.05, 0.1) is 0 Å². The molecule has 1 N–H and O–H groups in total. The van der Waals surface area contributed by atoms with Crippen molar-refractivity contribution in [3.05, 3.63) is 29.6 Å². The number of ether oxygens (including phenoxy) is 1. The number of nitriles is 1. The normalized spacial score (nSPS) is 14.9. The van der Waals surface area contributed by atoms with Gasteiger partial charge in [-0.1, -0.05) is 6.07 Å². The standard InChI is InChI=1S/C14H17FN2O3S/c15-13-3-1-4-14(12(13)9-16)21(18,19)17-7-2-8-20-10-11-5-6-11/h1,3-4,11,17H,2,5-8,10H2. The van der Waals surface area contributed by atoms with E-state index >= 15 is 0 Å². The van der Waals surface area contributed by atoms with Crippen molar-refractivity contribution in [1.82, 2.24) is 4.72 Å². The molecule has 2 rings (SSSR count). The number of benzene rings is 1. The summed E-state index contributed by atoms with van der Waals surface area (Å²) in [7, 11) is -3.88. The van der Waals surface area contributed by atoms with Crippen LogP contribution in [0.2, 0.25) is 0 Å². The van der Waals surface area contributed by atoms with E-state index in [2.05, 4.69) is 4.72 Å². The lowest BCUT2D eigenvalue weighted by atomic mass is 10.2. The molecule has 21 heavy (non-hydrogen) atoms. The highest BCUT2D eigenvalue weighted by atomic mass is 32.2. The van der Waals surface area contributed by atoms with Gasteiger partial charge in [-0.3, -0.25) is 0 Å². The molecule has 0 aliphatic heterocycles. The summed E-state index contributed by atoms with van der Waals surface area (Å²) in [4.78, 5) is -0.330. The Kier molecular flexibility index (Phi) is 5.28. The Bertz CT molecular complexity index is 636. The van der Waals surface area contributed by atoms with E-state index in [9.17, 15) is 12.8 Å². The van der Waals surface area contributed by atoms with Crippen LogP contribution in [0.25, 0.3) is 0 Å². The topological polar surface area (TPSA) is 79.2 Å². The van der Waals surface area contributed by atoms with Crippen molar-refractivity contribution in [2.24, 2.45) is 5.92 Å². The van der Waals surface area contributed by atoms with Crippen molar-refractivity contribution in [1.29, 1.82) is 5.26 Å². The number of sulfonamides is 1. The number of nitrogens with zero attached hydrogens (tertiary/aromatic N) is 1. The molecule has 0 amide bonds. The zero-order valence-electron chi connectivity index (χ0n) is 11.5. The molecule has 0 heterocycles. The molecule has 0 unspecified atom stereocenters. The SMILES string of the molecule is N#Cc1c(F)cccc1S(=O)(=O)NCCCOCC1CC1. The van der Waals surface area contributed by atoms with E-state index in [1.165, 1.54) is 25.0 Å². The summed E-state index contributed by atoms with van der Waals surface area (Å²) in [6.45, 7) is 1.40. The maximum atomic E-state index is 13.4. The van der Waals surface area contributed by atoms with E-state index in [0.29, 0.717) is 18.9 Å². The maximum absolute atomic E-state index is 13.4. The lowest BCUT2D eigenvalue weighted by Gasteiger charge is -2.08. The smallest absolute Gasteiger partial charge is 0.241 e. The molecular formula is C14H17FN2O3S. The summed E-state index contributed by atoms with van der Waals surface area (Å²) in [6.07, 6.45) is 2.95. The number of halogens is 1. The lowest BCUT2D eigenvalue weighted by Crippen LogP contribution is -2.26. The van der Waals surface area contributed by atoms with Gasteiger partial charge in [-0.25, -0.2) is 17.5 Å². The van der Waals surface area contributed by atoms with Gasteiger partial charge in [-0.2, -0.15) is 5.26 Å². The van der Waals surface area contributed by atoms with E-state index in [4.69, 9.17) is 10.00 Å². The molecule has 1 aromatic rings. The van der Waals surface area contributed by atoms with Gasteiger partial charge in [-0.05, 0) is 37.3 Å². The van der Waals surface area contributed by atoms with Gasteiger partial charge in [0.1, 0.15) is 22.3 Å². The van der Waals surface area contributed by atoms with Crippen LogP contribution in [-0.2, 0) is 14.8 Å². The third kappa shape index (κ3) is 4.49. The maximum Gasteiger partial charge on any atom is 0.241 e. The number of rotatable bonds is 8. The van der Waals surface area contributed by atoms with E-state index in [1.807, 2.05) is 0 Å². The fraction of sp³-hybridized carbons (Fsp3) is 0.500. The van der Waals surface area contributed by atoms with Gasteiger partial charge in [0, 0.05) is 19.8 Å². The van der Waals surface area contributed by atoms with Crippen LogP contribution in [0.3, 0.4) is 0 Å². The van der Waals surface area contributed by atoms with E-state index in [1.54, 1.807) is 6.07 Å². The van der Waals surface area contributed by atoms with Gasteiger partial charge in [-0.15, -0.1) is 0 Å². The first-order valence-electron chi connectivity index (χ1n) is 6.80. The minimum atomic E-state index is -3.88. The van der Waals surface area contributed by atoms with Gasteiger partial charge < -0.3 is 4.74 Å². The molecule has 0 aromatic heterocycles. The average molecular weight is 312 g/mol. The Balaban J connectivity index is 1.86. The van der Waals surface area contributed by atoms with E-state index in [0.717, 1.165) is 12.7 Å². The molecule has 5 nitrogen and oxygen atoms in total. The third-order valence-electron chi connectivity index (χ3n) is 3.18.